The Morgan fingerprint density at radius 2 is 2.42 bits per heavy atom. The summed E-state index contributed by atoms with van der Waals surface area (Å²) in [6.45, 7) is 1.93. The maximum Gasteiger partial charge on any atom is 0.311 e. The number of rotatable bonds is 4. The minimum absolute atomic E-state index is 0.268. The number of methoxy groups -OCH3 is 1. The van der Waals surface area contributed by atoms with E-state index in [9.17, 15) is 4.79 Å². The van der Waals surface area contributed by atoms with Crippen LogP contribution in [0.2, 0.25) is 0 Å². The van der Waals surface area contributed by atoms with Crippen LogP contribution in [0.1, 0.15) is 19.0 Å². The van der Waals surface area contributed by atoms with Crippen LogP contribution in [0, 0.1) is 5.92 Å². The molecule has 1 unspecified atom stereocenters. The van der Waals surface area contributed by atoms with E-state index < -0.39 is 0 Å². The molecule has 1 aromatic heterocycles. The predicted molar refractivity (Wildman–Crippen MR) is 73.7 cm³/mol. The molecule has 2 rings (SSSR count). The molecule has 2 atom stereocenters. The maximum absolute atomic E-state index is 11.6. The molecule has 19 heavy (non-hydrogen) atoms. The van der Waals surface area contributed by atoms with E-state index in [-0.39, 0.29) is 18.0 Å². The Hall–Kier alpha value is -1.40. The van der Waals surface area contributed by atoms with Crippen LogP contribution in [0.5, 0.6) is 0 Å². The number of ether oxygens (including phenoxy) is 1. The minimum atomic E-state index is -0.335. The summed E-state index contributed by atoms with van der Waals surface area (Å²) in [6.07, 6.45) is 3.89. The molecule has 0 saturated heterocycles. The third-order valence-electron chi connectivity index (χ3n) is 2.98. The second-order valence-corrected chi connectivity index (χ2v) is 5.08. The minimum Gasteiger partial charge on any atom is -0.469 e. The topological polar surface area (TPSA) is 60.5 Å². The fourth-order valence-electron chi connectivity index (χ4n) is 1.92. The number of halogens is 1. The van der Waals surface area contributed by atoms with Crippen molar-refractivity contribution in [3.63, 3.8) is 0 Å². The van der Waals surface area contributed by atoms with Crippen LogP contribution in [0.15, 0.2) is 28.9 Å². The van der Waals surface area contributed by atoms with Gasteiger partial charge in [0.25, 0.3) is 0 Å². The Morgan fingerprint density at radius 1 is 1.63 bits per heavy atom. The van der Waals surface area contributed by atoms with Crippen molar-refractivity contribution in [3.8, 4) is 0 Å². The Labute approximate surface area is 120 Å². The summed E-state index contributed by atoms with van der Waals surface area (Å²) in [5.41, 5.74) is 4.34. The van der Waals surface area contributed by atoms with Crippen molar-refractivity contribution < 1.29 is 14.4 Å². The highest BCUT2D eigenvalue weighted by Crippen LogP contribution is 2.24. The molecule has 0 spiro atoms. The van der Waals surface area contributed by atoms with E-state index >= 15 is 0 Å². The molecular weight excluding hydrogens is 312 g/mol. The molecule has 1 aliphatic heterocycles. The number of hydroxylamine groups is 1. The van der Waals surface area contributed by atoms with Crippen LogP contribution < -0.4 is 5.48 Å². The van der Waals surface area contributed by atoms with Crippen molar-refractivity contribution in [1.29, 1.82) is 0 Å². The molecule has 0 fully saturated rings. The number of hydrogen-bond donors (Lipinski definition) is 1. The van der Waals surface area contributed by atoms with Gasteiger partial charge in [0.05, 0.1) is 24.4 Å². The van der Waals surface area contributed by atoms with Gasteiger partial charge in [-0.2, -0.15) is 0 Å². The molecule has 5 nitrogen and oxygen atoms in total. The monoisotopic (exact) mass is 326 g/mol. The number of nitrogens with one attached hydrogen (secondary N) is 1. The number of hydrogen-bond acceptors (Lipinski definition) is 5. The van der Waals surface area contributed by atoms with Gasteiger partial charge in [0, 0.05) is 10.7 Å². The molecular formula is C13H15BrN2O3. The van der Waals surface area contributed by atoms with E-state index in [1.54, 1.807) is 6.20 Å². The fourth-order valence-corrected chi connectivity index (χ4v) is 2.15. The smallest absolute Gasteiger partial charge is 0.311 e. The third-order valence-corrected chi connectivity index (χ3v) is 3.45. The first-order chi connectivity index (χ1) is 9.15. The molecule has 0 amide bonds. The van der Waals surface area contributed by atoms with Crippen LogP contribution in [-0.4, -0.2) is 24.2 Å². The zero-order valence-electron chi connectivity index (χ0n) is 10.7. The first kappa shape index (κ1) is 14.0. The van der Waals surface area contributed by atoms with Crippen LogP contribution in [0.4, 0.5) is 0 Å². The highest BCUT2D eigenvalue weighted by molar-refractivity contribution is 9.10. The zero-order chi connectivity index (χ0) is 13.8. The van der Waals surface area contributed by atoms with Gasteiger partial charge in [-0.05, 0) is 40.6 Å². The molecule has 0 bridgehead atoms. The SMILES string of the molecule is CCC(C(=O)OC)[C@@H]1C=C(c2ccc(Br)cn2)NO1. The van der Waals surface area contributed by atoms with Gasteiger partial charge in [-0.25, -0.2) is 0 Å². The molecule has 6 heteroatoms. The number of aromatic nitrogens is 1. The van der Waals surface area contributed by atoms with Gasteiger partial charge in [-0.3, -0.25) is 20.1 Å². The van der Waals surface area contributed by atoms with Gasteiger partial charge in [-0.15, -0.1) is 0 Å². The molecule has 102 valence electrons. The first-order valence-corrected chi connectivity index (χ1v) is 6.78. The summed E-state index contributed by atoms with van der Waals surface area (Å²) >= 11 is 3.33. The number of carbonyl (C=O) groups is 1. The van der Waals surface area contributed by atoms with Crippen LogP contribution in [0.25, 0.3) is 5.70 Å². The number of pyridine rings is 1. The van der Waals surface area contributed by atoms with Crippen molar-refractivity contribution in [1.82, 2.24) is 10.5 Å². The largest absolute Gasteiger partial charge is 0.469 e. The lowest BCUT2D eigenvalue weighted by Gasteiger charge is -2.16. The molecule has 0 aliphatic carbocycles. The van der Waals surface area contributed by atoms with E-state index in [4.69, 9.17) is 9.57 Å². The molecule has 1 aliphatic rings. The number of esters is 1. The highest BCUT2D eigenvalue weighted by atomic mass is 79.9. The summed E-state index contributed by atoms with van der Waals surface area (Å²) in [5, 5.41) is 0. The summed E-state index contributed by atoms with van der Waals surface area (Å²) in [5.74, 6) is -0.582. The van der Waals surface area contributed by atoms with Crippen LogP contribution >= 0.6 is 15.9 Å². The molecule has 0 radical (unpaired) electrons. The van der Waals surface area contributed by atoms with E-state index in [1.807, 2.05) is 25.1 Å². The normalized spacial score (nSPS) is 19.5. The predicted octanol–water partition coefficient (Wildman–Crippen LogP) is 2.29. The summed E-state index contributed by atoms with van der Waals surface area (Å²) in [6, 6.07) is 3.77. The van der Waals surface area contributed by atoms with Crippen LogP contribution in [-0.2, 0) is 14.4 Å². The van der Waals surface area contributed by atoms with Gasteiger partial charge in [0.2, 0.25) is 0 Å². The van der Waals surface area contributed by atoms with Crippen LogP contribution in [0.3, 0.4) is 0 Å². The Balaban J connectivity index is 2.15. The molecule has 2 heterocycles. The maximum atomic E-state index is 11.6. The lowest BCUT2D eigenvalue weighted by atomic mass is 9.99. The van der Waals surface area contributed by atoms with Crippen molar-refractivity contribution in [3.05, 3.63) is 34.6 Å². The van der Waals surface area contributed by atoms with E-state index in [0.29, 0.717) is 6.42 Å². The standard InChI is InChI=1S/C13H15BrN2O3/c1-3-9(13(17)18-2)12-6-11(16-19-12)10-5-4-8(14)7-15-10/h4-7,9,12,16H,3H2,1-2H3/t9?,12-/m0/s1. The highest BCUT2D eigenvalue weighted by Gasteiger charge is 2.31. The summed E-state index contributed by atoms with van der Waals surface area (Å²) < 4.78 is 5.69. The molecule has 0 aromatic carbocycles. The van der Waals surface area contributed by atoms with Crippen molar-refractivity contribution in [2.45, 2.75) is 19.4 Å². The second-order valence-electron chi connectivity index (χ2n) is 4.16. The number of nitrogens with zero attached hydrogens (tertiary/aromatic N) is 1. The Kier molecular flexibility index (Phi) is 4.55. The van der Waals surface area contributed by atoms with Crippen molar-refractivity contribution >= 4 is 27.6 Å². The van der Waals surface area contributed by atoms with Crippen molar-refractivity contribution in [2.75, 3.05) is 7.11 Å². The Morgan fingerprint density at radius 3 is 3.00 bits per heavy atom. The number of carbonyl (C=O) groups excluding carboxylic acids is 1. The first-order valence-electron chi connectivity index (χ1n) is 5.99. The van der Waals surface area contributed by atoms with E-state index in [0.717, 1.165) is 15.9 Å². The molecule has 0 saturated carbocycles. The molecule has 1 aromatic rings. The third kappa shape index (κ3) is 3.13. The van der Waals surface area contributed by atoms with E-state index in [1.165, 1.54) is 7.11 Å². The summed E-state index contributed by atoms with van der Waals surface area (Å²) in [4.78, 5) is 21.3. The van der Waals surface area contributed by atoms with Gasteiger partial charge in [-0.1, -0.05) is 6.92 Å². The van der Waals surface area contributed by atoms with Gasteiger partial charge < -0.3 is 4.74 Å². The molecule has 1 N–H and O–H groups in total. The van der Waals surface area contributed by atoms with Crippen molar-refractivity contribution in [2.24, 2.45) is 5.92 Å². The fraction of sp³-hybridized carbons (Fsp3) is 0.385. The average molecular weight is 327 g/mol. The quantitative estimate of drug-likeness (QED) is 0.860. The zero-order valence-corrected chi connectivity index (χ0v) is 12.3. The average Bonchev–Trinajstić information content (AvgIpc) is 2.89. The lowest BCUT2D eigenvalue weighted by molar-refractivity contribution is -0.150. The Bertz CT molecular complexity index is 487. The summed E-state index contributed by atoms with van der Waals surface area (Å²) in [7, 11) is 1.38. The second kappa shape index (κ2) is 6.16. The lowest BCUT2D eigenvalue weighted by Crippen LogP contribution is -2.29. The van der Waals surface area contributed by atoms with Gasteiger partial charge in [0.15, 0.2) is 0 Å². The van der Waals surface area contributed by atoms with Gasteiger partial charge >= 0.3 is 5.97 Å². The van der Waals surface area contributed by atoms with E-state index in [2.05, 4.69) is 26.4 Å². The van der Waals surface area contributed by atoms with Gasteiger partial charge in [0.1, 0.15) is 6.10 Å².